The highest BCUT2D eigenvalue weighted by Crippen LogP contribution is 2.20. The average molecular weight is 340 g/mol. The zero-order valence-electron chi connectivity index (χ0n) is 13.7. The second-order valence-corrected chi connectivity index (χ2v) is 5.72. The molecule has 0 bridgehead atoms. The van der Waals surface area contributed by atoms with Gasteiger partial charge in [-0.3, -0.25) is 20.4 Å². The van der Waals surface area contributed by atoms with Crippen molar-refractivity contribution in [2.45, 2.75) is 18.9 Å². The van der Waals surface area contributed by atoms with Crippen LogP contribution >= 0.6 is 0 Å². The van der Waals surface area contributed by atoms with Crippen molar-refractivity contribution in [3.8, 4) is 5.75 Å². The molecule has 25 heavy (non-hydrogen) atoms. The molecule has 6 nitrogen and oxygen atoms in total. The van der Waals surface area contributed by atoms with Gasteiger partial charge in [-0.15, -0.1) is 0 Å². The Hall–Kier alpha value is -2.86. The van der Waals surface area contributed by atoms with Crippen molar-refractivity contribution in [1.29, 1.82) is 0 Å². The SMILES string of the molecule is O=C(NNC(=O)c1ccccc1OCC1CCCO1)c1ccccc1. The summed E-state index contributed by atoms with van der Waals surface area (Å²) in [7, 11) is 0. The number of para-hydroxylation sites is 1. The van der Waals surface area contributed by atoms with Crippen molar-refractivity contribution < 1.29 is 19.1 Å². The number of nitrogens with one attached hydrogen (secondary N) is 2. The third kappa shape index (κ3) is 4.58. The average Bonchev–Trinajstić information content (AvgIpc) is 3.18. The predicted molar refractivity (Wildman–Crippen MR) is 92.3 cm³/mol. The lowest BCUT2D eigenvalue weighted by molar-refractivity contribution is 0.0669. The summed E-state index contributed by atoms with van der Waals surface area (Å²) >= 11 is 0. The summed E-state index contributed by atoms with van der Waals surface area (Å²) < 4.78 is 11.3. The molecule has 1 aliphatic heterocycles. The molecule has 1 saturated heterocycles. The highest BCUT2D eigenvalue weighted by atomic mass is 16.5. The number of carbonyl (C=O) groups excluding carboxylic acids is 2. The molecule has 3 rings (SSSR count). The van der Waals surface area contributed by atoms with Crippen molar-refractivity contribution in [2.24, 2.45) is 0 Å². The maximum Gasteiger partial charge on any atom is 0.273 e. The molecule has 0 spiro atoms. The minimum absolute atomic E-state index is 0.0638. The van der Waals surface area contributed by atoms with Crippen LogP contribution in [0.15, 0.2) is 54.6 Å². The van der Waals surface area contributed by atoms with E-state index < -0.39 is 5.91 Å². The van der Waals surface area contributed by atoms with Gasteiger partial charge in [0.05, 0.1) is 11.7 Å². The Morgan fingerprint density at radius 2 is 1.72 bits per heavy atom. The zero-order valence-corrected chi connectivity index (χ0v) is 13.7. The summed E-state index contributed by atoms with van der Waals surface area (Å²) in [6, 6.07) is 15.6. The normalized spacial score (nSPS) is 16.2. The van der Waals surface area contributed by atoms with Gasteiger partial charge in [-0.1, -0.05) is 30.3 Å². The number of ether oxygens (including phenoxy) is 2. The van der Waals surface area contributed by atoms with Crippen LogP contribution in [0, 0.1) is 0 Å². The lowest BCUT2D eigenvalue weighted by atomic mass is 10.2. The fourth-order valence-electron chi connectivity index (χ4n) is 2.58. The van der Waals surface area contributed by atoms with Gasteiger partial charge in [-0.2, -0.15) is 0 Å². The summed E-state index contributed by atoms with van der Waals surface area (Å²) in [5.74, 6) is -0.358. The first-order valence-electron chi connectivity index (χ1n) is 8.23. The quantitative estimate of drug-likeness (QED) is 0.819. The van der Waals surface area contributed by atoms with Crippen LogP contribution < -0.4 is 15.6 Å². The van der Waals surface area contributed by atoms with Crippen LogP contribution in [0.3, 0.4) is 0 Å². The highest BCUT2D eigenvalue weighted by molar-refractivity contribution is 6.00. The Morgan fingerprint density at radius 1 is 1.00 bits per heavy atom. The van der Waals surface area contributed by atoms with Crippen LogP contribution in [0.1, 0.15) is 33.6 Å². The van der Waals surface area contributed by atoms with E-state index in [0.29, 0.717) is 23.5 Å². The number of hydrogen-bond donors (Lipinski definition) is 2. The summed E-state index contributed by atoms with van der Waals surface area (Å²) in [5, 5.41) is 0. The van der Waals surface area contributed by atoms with Gasteiger partial charge < -0.3 is 9.47 Å². The molecule has 2 N–H and O–H groups in total. The monoisotopic (exact) mass is 340 g/mol. The second kappa shape index (κ2) is 8.30. The Balaban J connectivity index is 1.58. The topological polar surface area (TPSA) is 76.7 Å². The van der Waals surface area contributed by atoms with Gasteiger partial charge in [0, 0.05) is 12.2 Å². The molecule has 1 fully saturated rings. The van der Waals surface area contributed by atoms with Crippen molar-refractivity contribution in [1.82, 2.24) is 10.9 Å². The summed E-state index contributed by atoms with van der Waals surface area (Å²) in [6.45, 7) is 1.16. The van der Waals surface area contributed by atoms with E-state index >= 15 is 0 Å². The minimum Gasteiger partial charge on any atom is -0.490 e. The summed E-state index contributed by atoms with van der Waals surface area (Å²) in [4.78, 5) is 24.4. The Kier molecular flexibility index (Phi) is 5.64. The van der Waals surface area contributed by atoms with Gasteiger partial charge in [0.1, 0.15) is 12.4 Å². The maximum atomic E-state index is 12.4. The molecule has 2 aromatic carbocycles. The molecule has 0 radical (unpaired) electrons. The van der Waals surface area contributed by atoms with Gasteiger partial charge in [-0.25, -0.2) is 0 Å². The molecule has 1 aliphatic rings. The number of hydrogen-bond acceptors (Lipinski definition) is 4. The molecule has 2 aromatic rings. The largest absolute Gasteiger partial charge is 0.490 e. The molecule has 0 aliphatic carbocycles. The second-order valence-electron chi connectivity index (χ2n) is 5.72. The van der Waals surface area contributed by atoms with Gasteiger partial charge in [0.15, 0.2) is 0 Å². The van der Waals surface area contributed by atoms with Gasteiger partial charge >= 0.3 is 0 Å². The smallest absolute Gasteiger partial charge is 0.273 e. The van der Waals surface area contributed by atoms with E-state index in [1.54, 1.807) is 48.5 Å². The molecule has 0 saturated carbocycles. The van der Waals surface area contributed by atoms with Crippen LogP contribution in [-0.4, -0.2) is 31.1 Å². The molecular formula is C19H20N2O4. The van der Waals surface area contributed by atoms with E-state index in [1.165, 1.54) is 0 Å². The van der Waals surface area contributed by atoms with E-state index in [1.807, 2.05) is 6.07 Å². The lowest BCUT2D eigenvalue weighted by Crippen LogP contribution is -2.41. The van der Waals surface area contributed by atoms with E-state index in [9.17, 15) is 9.59 Å². The van der Waals surface area contributed by atoms with Gasteiger partial charge in [0.2, 0.25) is 0 Å². The van der Waals surface area contributed by atoms with E-state index in [2.05, 4.69) is 10.9 Å². The fraction of sp³-hybridized carbons (Fsp3) is 0.263. The molecule has 0 aromatic heterocycles. The Labute approximate surface area is 146 Å². The zero-order chi connectivity index (χ0) is 17.5. The van der Waals surface area contributed by atoms with Crippen molar-refractivity contribution in [3.63, 3.8) is 0 Å². The first kappa shape index (κ1) is 17.0. The number of carbonyl (C=O) groups is 2. The molecular weight excluding hydrogens is 320 g/mol. The van der Waals surface area contributed by atoms with Crippen LogP contribution in [0.4, 0.5) is 0 Å². The number of benzene rings is 2. The fourth-order valence-corrected chi connectivity index (χ4v) is 2.58. The summed E-state index contributed by atoms with van der Waals surface area (Å²) in [6.07, 6.45) is 2.05. The molecule has 1 atom stereocenters. The number of rotatable bonds is 5. The Bertz CT molecular complexity index is 727. The van der Waals surface area contributed by atoms with Crippen LogP contribution in [0.5, 0.6) is 5.75 Å². The van der Waals surface area contributed by atoms with E-state index in [4.69, 9.17) is 9.47 Å². The first-order chi connectivity index (χ1) is 12.2. The molecule has 1 heterocycles. The first-order valence-corrected chi connectivity index (χ1v) is 8.23. The maximum absolute atomic E-state index is 12.4. The third-order valence-corrected chi connectivity index (χ3v) is 3.91. The Morgan fingerprint density at radius 3 is 2.48 bits per heavy atom. The molecule has 2 amide bonds. The standard InChI is InChI=1S/C19H20N2O4/c22-18(14-7-2-1-3-8-14)20-21-19(23)16-10-4-5-11-17(16)25-13-15-9-6-12-24-15/h1-5,7-8,10-11,15H,6,9,12-13H2,(H,20,22)(H,21,23). The van der Waals surface area contributed by atoms with Gasteiger partial charge in [0.25, 0.3) is 11.8 Å². The van der Waals surface area contributed by atoms with E-state index in [-0.39, 0.29) is 12.0 Å². The highest BCUT2D eigenvalue weighted by Gasteiger charge is 2.18. The number of amides is 2. The van der Waals surface area contributed by atoms with Gasteiger partial charge in [-0.05, 0) is 37.1 Å². The lowest BCUT2D eigenvalue weighted by Gasteiger charge is -2.14. The predicted octanol–water partition coefficient (Wildman–Crippen LogP) is 2.32. The minimum atomic E-state index is -0.438. The molecule has 1 unspecified atom stereocenters. The van der Waals surface area contributed by atoms with Crippen LogP contribution in [0.2, 0.25) is 0 Å². The van der Waals surface area contributed by atoms with Crippen LogP contribution in [0.25, 0.3) is 0 Å². The molecule has 6 heteroatoms. The van der Waals surface area contributed by atoms with E-state index in [0.717, 1.165) is 19.4 Å². The van der Waals surface area contributed by atoms with Crippen molar-refractivity contribution in [2.75, 3.05) is 13.2 Å². The third-order valence-electron chi connectivity index (χ3n) is 3.91. The summed E-state index contributed by atoms with van der Waals surface area (Å²) in [5.41, 5.74) is 5.64. The van der Waals surface area contributed by atoms with Crippen molar-refractivity contribution in [3.05, 3.63) is 65.7 Å². The number of hydrazine groups is 1. The van der Waals surface area contributed by atoms with Crippen molar-refractivity contribution >= 4 is 11.8 Å². The van der Waals surface area contributed by atoms with Crippen LogP contribution in [-0.2, 0) is 4.74 Å². The molecule has 130 valence electrons.